The van der Waals surface area contributed by atoms with Crippen LogP contribution in [0.4, 0.5) is 45.5 Å². The van der Waals surface area contributed by atoms with E-state index in [0.717, 1.165) is 31.4 Å². The lowest BCUT2D eigenvalue weighted by molar-refractivity contribution is 0.133. The summed E-state index contributed by atoms with van der Waals surface area (Å²) in [4.78, 5) is 8.17. The fourth-order valence-electron chi connectivity index (χ4n) is 15.0. The molecule has 0 spiro atoms. The van der Waals surface area contributed by atoms with Gasteiger partial charge in [0.1, 0.15) is 0 Å². The molecule has 398 valence electrons. The molecule has 0 aromatic heterocycles. The minimum Gasteiger partial charge on any atom is -0.334 e. The predicted octanol–water partition coefficient (Wildman–Crippen LogP) is 18.7. The molecular formula is C76H76BN3. The largest absolute Gasteiger partial charge is 0.334 e. The van der Waals surface area contributed by atoms with Crippen LogP contribution in [0.25, 0.3) is 33.4 Å². The summed E-state index contributed by atoms with van der Waals surface area (Å²) in [7, 11) is 0. The minimum absolute atomic E-state index is 0.00196. The lowest BCUT2D eigenvalue weighted by Crippen LogP contribution is -2.62. The summed E-state index contributed by atoms with van der Waals surface area (Å²) >= 11 is 0. The summed E-state index contributed by atoms with van der Waals surface area (Å²) in [6, 6.07) is 75.3. The summed E-state index contributed by atoms with van der Waals surface area (Å²) in [6.45, 7) is 29.2. The number of hydrogen-bond donors (Lipinski definition) is 0. The van der Waals surface area contributed by atoms with Crippen molar-refractivity contribution in [2.75, 3.05) is 14.7 Å². The standard InChI is InChI=1S/C76H76BN3/c1-71(2,3)54-31-36-64(58(43-54)52-26-20-15-21-27-52)79-67-48-60-59(73(7,8)38-39-74(60,9)10)47-63(67)77-62-42-53(50-24-18-14-19-25-50)30-35-66(62)78(56-33-28-51(29-34-56)49-22-16-13-17-23-49)68-45-57(46-69(79)70(68)77)80-65-37-32-55(72(4,5)6)44-61(65)75(11)40-41-76(75,80)12/h13-37,42-48H,38-41H2,1-12H3. The van der Waals surface area contributed by atoms with E-state index in [1.807, 2.05) is 0 Å². The second-order valence-corrected chi connectivity index (χ2v) is 28.0. The Labute approximate surface area is 477 Å². The first-order chi connectivity index (χ1) is 38.1. The summed E-state index contributed by atoms with van der Waals surface area (Å²) in [5.41, 5.74) is 28.3. The van der Waals surface area contributed by atoms with Crippen molar-refractivity contribution >= 4 is 68.6 Å². The van der Waals surface area contributed by atoms with Gasteiger partial charge in [-0.15, -0.1) is 0 Å². The zero-order chi connectivity index (χ0) is 55.5. The van der Waals surface area contributed by atoms with Crippen LogP contribution in [0.2, 0.25) is 0 Å². The lowest BCUT2D eigenvalue weighted by atomic mass is 9.33. The fourth-order valence-corrected chi connectivity index (χ4v) is 15.0. The normalized spacial score (nSPS) is 20.0. The van der Waals surface area contributed by atoms with Gasteiger partial charge < -0.3 is 14.7 Å². The molecule has 3 nitrogen and oxygen atoms in total. The highest BCUT2D eigenvalue weighted by molar-refractivity contribution is 7.00. The molecule has 2 atom stereocenters. The van der Waals surface area contributed by atoms with Crippen molar-refractivity contribution in [3.05, 3.63) is 222 Å². The molecule has 2 unspecified atom stereocenters. The summed E-state index contributed by atoms with van der Waals surface area (Å²) in [5.74, 6) is 0. The van der Waals surface area contributed by atoms with Crippen LogP contribution in [-0.2, 0) is 27.1 Å². The van der Waals surface area contributed by atoms with Crippen LogP contribution < -0.4 is 31.1 Å². The van der Waals surface area contributed by atoms with Gasteiger partial charge in [0.25, 0.3) is 6.71 Å². The van der Waals surface area contributed by atoms with E-state index in [4.69, 9.17) is 0 Å². The van der Waals surface area contributed by atoms with Gasteiger partial charge in [-0.25, -0.2) is 0 Å². The van der Waals surface area contributed by atoms with Gasteiger partial charge >= 0.3 is 0 Å². The third kappa shape index (κ3) is 7.53. The number of anilines is 8. The SMILES string of the molecule is CC(C)(C)c1ccc(N2c3cc4c(cc3B3c5cc(-c6ccccc6)ccc5N(c5ccc(-c6ccccc6)cc5)c5cc(N6c7ccc(C(C)(C)C)cc7C7(C)CCC67C)cc2c53)C(C)(C)CCC4(C)C)c(-c2ccccc2)c1. The third-order valence-corrected chi connectivity index (χ3v) is 20.3. The Morgan fingerprint density at radius 2 is 0.863 bits per heavy atom. The Kier molecular flexibility index (Phi) is 11.1. The van der Waals surface area contributed by atoms with Crippen molar-refractivity contribution in [3.8, 4) is 33.4 Å². The molecule has 14 rings (SSSR count). The van der Waals surface area contributed by atoms with Crippen molar-refractivity contribution in [1.29, 1.82) is 0 Å². The van der Waals surface area contributed by atoms with Gasteiger partial charge in [-0.05, 0) is 181 Å². The van der Waals surface area contributed by atoms with Gasteiger partial charge in [-0.3, -0.25) is 0 Å². The van der Waals surface area contributed by atoms with E-state index >= 15 is 0 Å². The molecule has 3 aliphatic heterocycles. The molecule has 0 bridgehead atoms. The molecule has 1 saturated carbocycles. The molecule has 3 heterocycles. The zero-order valence-corrected chi connectivity index (χ0v) is 49.2. The molecule has 0 saturated heterocycles. The van der Waals surface area contributed by atoms with E-state index in [1.54, 1.807) is 0 Å². The maximum absolute atomic E-state index is 2.79. The average molecular weight is 1040 g/mol. The average Bonchev–Trinajstić information content (AvgIpc) is 3.84. The van der Waals surface area contributed by atoms with Crippen molar-refractivity contribution < 1.29 is 0 Å². The van der Waals surface area contributed by atoms with Gasteiger partial charge in [0.2, 0.25) is 0 Å². The topological polar surface area (TPSA) is 9.72 Å². The first-order valence-corrected chi connectivity index (χ1v) is 29.6. The molecule has 9 aromatic carbocycles. The Morgan fingerprint density at radius 3 is 1.45 bits per heavy atom. The molecule has 0 amide bonds. The van der Waals surface area contributed by atoms with Gasteiger partial charge in [-0.2, -0.15) is 0 Å². The summed E-state index contributed by atoms with van der Waals surface area (Å²) in [6.07, 6.45) is 4.56. The van der Waals surface area contributed by atoms with E-state index in [9.17, 15) is 0 Å². The first kappa shape index (κ1) is 50.6. The minimum atomic E-state index is -0.138. The Hall–Kier alpha value is -7.56. The number of benzene rings is 9. The van der Waals surface area contributed by atoms with Crippen LogP contribution in [-0.4, -0.2) is 12.3 Å². The molecule has 9 aromatic rings. The zero-order valence-electron chi connectivity index (χ0n) is 49.2. The van der Waals surface area contributed by atoms with Crippen molar-refractivity contribution in [2.45, 2.75) is 141 Å². The smallest absolute Gasteiger partial charge is 0.252 e. The molecule has 1 fully saturated rings. The molecule has 80 heavy (non-hydrogen) atoms. The van der Waals surface area contributed by atoms with Crippen molar-refractivity contribution in [3.63, 3.8) is 0 Å². The van der Waals surface area contributed by atoms with Crippen LogP contribution in [0.15, 0.2) is 194 Å². The highest BCUT2D eigenvalue weighted by Gasteiger charge is 2.63. The van der Waals surface area contributed by atoms with Crippen LogP contribution >= 0.6 is 0 Å². The highest BCUT2D eigenvalue weighted by Crippen LogP contribution is 2.66. The number of fused-ring (bicyclic) bond motifs is 8. The maximum atomic E-state index is 2.79. The van der Waals surface area contributed by atoms with E-state index in [-0.39, 0.29) is 39.3 Å². The van der Waals surface area contributed by atoms with Gasteiger partial charge in [0.05, 0.1) is 11.2 Å². The van der Waals surface area contributed by atoms with Crippen molar-refractivity contribution in [2.24, 2.45) is 0 Å². The molecule has 0 N–H and O–H groups in total. The third-order valence-electron chi connectivity index (χ3n) is 20.3. The number of nitrogens with zero attached hydrogens (tertiary/aromatic N) is 3. The van der Waals surface area contributed by atoms with Crippen LogP contribution in [0, 0.1) is 0 Å². The first-order valence-electron chi connectivity index (χ1n) is 29.6. The van der Waals surface area contributed by atoms with Gasteiger partial charge in [0.15, 0.2) is 0 Å². The Balaban J connectivity index is 1.13. The highest BCUT2D eigenvalue weighted by atomic mass is 15.3. The monoisotopic (exact) mass is 1040 g/mol. The maximum Gasteiger partial charge on any atom is 0.252 e. The predicted molar refractivity (Wildman–Crippen MR) is 343 cm³/mol. The quantitative estimate of drug-likeness (QED) is 0.154. The molecular weight excluding hydrogens is 966 g/mol. The van der Waals surface area contributed by atoms with E-state index in [2.05, 4.69) is 292 Å². The second kappa shape index (κ2) is 17.5. The molecule has 0 radical (unpaired) electrons. The van der Waals surface area contributed by atoms with E-state index in [1.165, 1.54) is 117 Å². The lowest BCUT2D eigenvalue weighted by Gasteiger charge is -2.56. The van der Waals surface area contributed by atoms with Gasteiger partial charge in [-0.1, -0.05) is 216 Å². The summed E-state index contributed by atoms with van der Waals surface area (Å²) in [5, 5.41) is 0. The van der Waals surface area contributed by atoms with Gasteiger partial charge in [0, 0.05) is 50.8 Å². The van der Waals surface area contributed by atoms with Crippen LogP contribution in [0.1, 0.15) is 137 Å². The number of rotatable bonds is 6. The fraction of sp³-hybridized carbons (Fsp3) is 0.289. The summed E-state index contributed by atoms with van der Waals surface area (Å²) < 4.78 is 0. The van der Waals surface area contributed by atoms with E-state index in [0.29, 0.717) is 0 Å². The Morgan fingerprint density at radius 1 is 0.362 bits per heavy atom. The molecule has 4 heteroatoms. The second-order valence-electron chi connectivity index (χ2n) is 28.0. The van der Waals surface area contributed by atoms with Crippen molar-refractivity contribution in [1.82, 2.24) is 0 Å². The van der Waals surface area contributed by atoms with Crippen LogP contribution in [0.5, 0.6) is 0 Å². The molecule has 5 aliphatic rings. The van der Waals surface area contributed by atoms with Crippen LogP contribution in [0.3, 0.4) is 0 Å². The Bertz CT molecular complexity index is 3950. The number of hydrogen-bond acceptors (Lipinski definition) is 3. The van der Waals surface area contributed by atoms with E-state index < -0.39 is 0 Å². The molecule has 2 aliphatic carbocycles.